The molecule has 6 aromatic rings. The molecule has 1 N–H and O–H groups in total. The van der Waals surface area contributed by atoms with Gasteiger partial charge in [0, 0.05) is 35.8 Å². The Morgan fingerprint density at radius 2 is 1.46 bits per heavy atom. The summed E-state index contributed by atoms with van der Waals surface area (Å²) in [6, 6.07) is 22.0. The van der Waals surface area contributed by atoms with Gasteiger partial charge in [-0.3, -0.25) is 9.80 Å². The molecular weight excluding hydrogens is 634 g/mol. The molecule has 2 aliphatic heterocycles. The predicted octanol–water partition coefficient (Wildman–Crippen LogP) is 8.99. The van der Waals surface area contributed by atoms with E-state index >= 15 is 0 Å². The van der Waals surface area contributed by atoms with Gasteiger partial charge in [-0.25, -0.2) is 9.97 Å². The number of ether oxygens (including phenoxy) is 1. The van der Waals surface area contributed by atoms with Gasteiger partial charge in [0.1, 0.15) is 23.2 Å². The highest BCUT2D eigenvalue weighted by Gasteiger charge is 2.22. The van der Waals surface area contributed by atoms with Crippen LogP contribution in [0.2, 0.25) is 0 Å². The number of imidazole rings is 1. The van der Waals surface area contributed by atoms with Crippen molar-refractivity contribution in [1.29, 1.82) is 5.26 Å². The Morgan fingerprint density at radius 1 is 0.820 bits per heavy atom. The lowest BCUT2D eigenvalue weighted by Gasteiger charge is -2.17. The van der Waals surface area contributed by atoms with E-state index in [0.717, 1.165) is 95.5 Å². The van der Waals surface area contributed by atoms with Gasteiger partial charge in [0.15, 0.2) is 5.58 Å². The van der Waals surface area contributed by atoms with E-state index in [-0.39, 0.29) is 5.75 Å². The molecule has 0 radical (unpaired) electrons. The summed E-state index contributed by atoms with van der Waals surface area (Å²) in [4.78, 5) is 17.9. The minimum absolute atomic E-state index is 0.121. The van der Waals surface area contributed by atoms with Gasteiger partial charge in [-0.05, 0) is 118 Å². The number of H-pyrrole nitrogens is 1. The van der Waals surface area contributed by atoms with Crippen molar-refractivity contribution in [3.8, 4) is 45.8 Å². The second-order valence-corrected chi connectivity index (χ2v) is 13.5. The molecule has 2 saturated heterocycles. The van der Waals surface area contributed by atoms with Crippen LogP contribution in [0.3, 0.4) is 0 Å². The zero-order chi connectivity index (χ0) is 34.4. The maximum atomic E-state index is 13.4. The number of likely N-dealkylation sites (tertiary alicyclic amines) is 2. The Bertz CT molecular complexity index is 2260. The molecule has 0 amide bonds. The number of benzene rings is 4. The number of alkyl halides is 2. The molecule has 254 valence electrons. The Morgan fingerprint density at radius 3 is 2.14 bits per heavy atom. The molecule has 2 aromatic heterocycles. The van der Waals surface area contributed by atoms with Crippen molar-refractivity contribution in [1.82, 2.24) is 24.8 Å². The lowest BCUT2D eigenvalue weighted by atomic mass is 9.91. The van der Waals surface area contributed by atoms with E-state index in [1.807, 2.05) is 43.3 Å². The third-order valence-corrected chi connectivity index (χ3v) is 10.2. The van der Waals surface area contributed by atoms with Crippen LogP contribution in [-0.2, 0) is 13.1 Å². The number of nitrogens with one attached hydrogen (secondary N) is 1. The van der Waals surface area contributed by atoms with Crippen LogP contribution in [0.5, 0.6) is 5.75 Å². The van der Waals surface area contributed by atoms with Gasteiger partial charge in [-0.2, -0.15) is 14.0 Å². The van der Waals surface area contributed by atoms with E-state index in [9.17, 15) is 14.0 Å². The van der Waals surface area contributed by atoms with Crippen LogP contribution in [0.1, 0.15) is 53.5 Å². The van der Waals surface area contributed by atoms with Crippen LogP contribution in [0.4, 0.5) is 8.78 Å². The fourth-order valence-electron chi connectivity index (χ4n) is 7.64. The van der Waals surface area contributed by atoms with Crippen molar-refractivity contribution in [3.63, 3.8) is 0 Å². The smallest absolute Gasteiger partial charge is 0.387 e. The largest absolute Gasteiger partial charge is 0.436 e. The fraction of sp³-hybridized carbons (Fsp3) is 0.325. The lowest BCUT2D eigenvalue weighted by Crippen LogP contribution is -2.19. The molecule has 0 atom stereocenters. The minimum Gasteiger partial charge on any atom is -0.436 e. The molecule has 4 aromatic carbocycles. The second kappa shape index (κ2) is 13.3. The number of hydrogen-bond donors (Lipinski definition) is 1. The standard InChI is InChI=1S/C40H38F2N6O2/c1-24-29(9-7-11-31(24)38-44-34-18-26(22-47-13-3-4-14-47)17-27(21-43)37(34)46-38)30-10-8-12-32(25(30)2)39-45-33-19-28(23-48-15-5-6-16-48)35(50-40(41)42)20-36(33)49-39/h7-12,17-20,40H,3-6,13-16,22-23H2,1-2H3,(H,44,46). The molecule has 0 unspecified atom stereocenters. The number of oxazole rings is 1. The third-order valence-electron chi connectivity index (χ3n) is 10.2. The topological polar surface area (TPSA) is 94.2 Å². The van der Waals surface area contributed by atoms with Crippen molar-refractivity contribution in [2.75, 3.05) is 26.2 Å². The molecule has 0 saturated carbocycles. The van der Waals surface area contributed by atoms with Crippen molar-refractivity contribution in [2.24, 2.45) is 0 Å². The minimum atomic E-state index is -2.93. The molecule has 8 rings (SSSR count). The molecule has 0 spiro atoms. The molecule has 2 aliphatic rings. The van der Waals surface area contributed by atoms with Crippen molar-refractivity contribution in [3.05, 3.63) is 88.5 Å². The molecule has 50 heavy (non-hydrogen) atoms. The second-order valence-electron chi connectivity index (χ2n) is 13.5. The first-order chi connectivity index (χ1) is 24.3. The fourth-order valence-corrected chi connectivity index (χ4v) is 7.64. The zero-order valence-corrected chi connectivity index (χ0v) is 28.2. The van der Waals surface area contributed by atoms with Gasteiger partial charge >= 0.3 is 6.61 Å². The van der Waals surface area contributed by atoms with Crippen LogP contribution in [-0.4, -0.2) is 57.5 Å². The van der Waals surface area contributed by atoms with Gasteiger partial charge < -0.3 is 14.1 Å². The Balaban J connectivity index is 1.14. The third kappa shape index (κ3) is 6.12. The van der Waals surface area contributed by atoms with E-state index in [0.29, 0.717) is 40.5 Å². The quantitative estimate of drug-likeness (QED) is 0.164. The van der Waals surface area contributed by atoms with E-state index in [4.69, 9.17) is 19.1 Å². The number of hydrogen-bond acceptors (Lipinski definition) is 7. The zero-order valence-electron chi connectivity index (χ0n) is 28.2. The number of aromatic nitrogens is 3. The van der Waals surface area contributed by atoms with E-state index in [1.54, 1.807) is 0 Å². The monoisotopic (exact) mass is 672 g/mol. The number of nitrogens with zero attached hydrogens (tertiary/aromatic N) is 5. The molecule has 2 fully saturated rings. The Labute approximate surface area is 289 Å². The summed E-state index contributed by atoms with van der Waals surface area (Å²) in [6.07, 6.45) is 4.62. The maximum Gasteiger partial charge on any atom is 0.387 e. The predicted molar refractivity (Wildman–Crippen MR) is 190 cm³/mol. The Kier molecular flexibility index (Phi) is 8.55. The van der Waals surface area contributed by atoms with Crippen LogP contribution in [0.15, 0.2) is 65.1 Å². The number of halogens is 2. The average molecular weight is 673 g/mol. The molecule has 4 heterocycles. The summed E-state index contributed by atoms with van der Waals surface area (Å²) in [5.41, 5.74) is 10.7. The summed E-state index contributed by atoms with van der Waals surface area (Å²) in [5.74, 6) is 1.25. The highest BCUT2D eigenvalue weighted by molar-refractivity contribution is 5.88. The van der Waals surface area contributed by atoms with Gasteiger partial charge in [-0.15, -0.1) is 0 Å². The van der Waals surface area contributed by atoms with E-state index in [2.05, 4.69) is 46.0 Å². The first kappa shape index (κ1) is 32.1. The normalized spacial score (nSPS) is 15.5. The number of rotatable bonds is 9. The molecule has 0 aliphatic carbocycles. The highest BCUT2D eigenvalue weighted by atomic mass is 19.3. The van der Waals surface area contributed by atoms with Crippen LogP contribution < -0.4 is 4.74 Å². The number of fused-ring (bicyclic) bond motifs is 2. The van der Waals surface area contributed by atoms with E-state index < -0.39 is 6.61 Å². The summed E-state index contributed by atoms with van der Waals surface area (Å²) < 4.78 is 37.9. The van der Waals surface area contributed by atoms with Crippen LogP contribution in [0, 0.1) is 25.2 Å². The summed E-state index contributed by atoms with van der Waals surface area (Å²) in [6.45, 7) is 6.56. The molecular formula is C40H38F2N6O2. The first-order valence-electron chi connectivity index (χ1n) is 17.3. The summed E-state index contributed by atoms with van der Waals surface area (Å²) in [5, 5.41) is 10.0. The van der Waals surface area contributed by atoms with Crippen molar-refractivity contribution in [2.45, 2.75) is 59.2 Å². The van der Waals surface area contributed by atoms with Crippen molar-refractivity contribution < 1.29 is 17.9 Å². The maximum absolute atomic E-state index is 13.4. The highest BCUT2D eigenvalue weighted by Crippen LogP contribution is 2.38. The van der Waals surface area contributed by atoms with E-state index in [1.165, 1.54) is 18.9 Å². The van der Waals surface area contributed by atoms with Gasteiger partial charge in [0.2, 0.25) is 5.89 Å². The van der Waals surface area contributed by atoms with Crippen LogP contribution >= 0.6 is 0 Å². The van der Waals surface area contributed by atoms with Gasteiger partial charge in [0.25, 0.3) is 0 Å². The number of aromatic amines is 1. The average Bonchev–Trinajstić information content (AvgIpc) is 3.93. The summed E-state index contributed by atoms with van der Waals surface area (Å²) in [7, 11) is 0. The van der Waals surface area contributed by atoms with Gasteiger partial charge in [0.05, 0.1) is 16.6 Å². The SMILES string of the molecule is Cc1c(-c2nc3cc(CN4CCCC4)cc(C#N)c3[nH]2)cccc1-c1cccc(-c2nc3cc(CN4CCCC4)c(OC(F)F)cc3o2)c1C. The van der Waals surface area contributed by atoms with Gasteiger partial charge in [-0.1, -0.05) is 30.3 Å². The number of nitriles is 1. The lowest BCUT2D eigenvalue weighted by molar-refractivity contribution is -0.0506. The molecule has 8 nitrogen and oxygen atoms in total. The first-order valence-corrected chi connectivity index (χ1v) is 17.3. The Hall–Kier alpha value is -5.11. The van der Waals surface area contributed by atoms with Crippen molar-refractivity contribution >= 4 is 22.1 Å². The van der Waals surface area contributed by atoms with Crippen LogP contribution in [0.25, 0.3) is 56.1 Å². The molecule has 0 bridgehead atoms. The summed E-state index contributed by atoms with van der Waals surface area (Å²) >= 11 is 0. The molecule has 10 heteroatoms.